The van der Waals surface area contributed by atoms with Gasteiger partial charge in [-0.25, -0.2) is 4.39 Å². The second kappa shape index (κ2) is 7.31. The van der Waals surface area contributed by atoms with Crippen molar-refractivity contribution in [2.24, 2.45) is 0 Å². The highest BCUT2D eigenvalue weighted by atomic mass is 32.2. The summed E-state index contributed by atoms with van der Waals surface area (Å²) in [7, 11) is 3.06. The monoisotopic (exact) mass is 320 g/mol. The van der Waals surface area contributed by atoms with E-state index in [1.165, 1.54) is 32.0 Å². The van der Waals surface area contributed by atoms with Crippen LogP contribution >= 0.6 is 11.8 Å². The Balaban J connectivity index is 2.19. The number of rotatable bonds is 6. The van der Waals surface area contributed by atoms with Gasteiger partial charge in [0.1, 0.15) is 5.82 Å². The molecule has 0 aliphatic heterocycles. The number of hydrogen-bond donors (Lipinski definition) is 0. The molecule has 0 radical (unpaired) electrons. The Morgan fingerprint density at radius 2 is 1.77 bits per heavy atom. The van der Waals surface area contributed by atoms with Crippen molar-refractivity contribution in [1.29, 1.82) is 0 Å². The molecular formula is C17H17FO3S. The molecule has 0 heterocycles. The van der Waals surface area contributed by atoms with Crippen molar-refractivity contribution in [2.45, 2.75) is 17.1 Å². The molecule has 0 aromatic heterocycles. The minimum atomic E-state index is -0.407. The fraction of sp³-hybridized carbons (Fsp3) is 0.235. The van der Waals surface area contributed by atoms with Crippen LogP contribution < -0.4 is 9.47 Å². The minimum Gasteiger partial charge on any atom is -0.493 e. The number of carbonyl (C=O) groups excluding carboxylic acids is 1. The zero-order valence-electron chi connectivity index (χ0n) is 12.6. The lowest BCUT2D eigenvalue weighted by atomic mass is 10.1. The van der Waals surface area contributed by atoms with Crippen molar-refractivity contribution in [3.63, 3.8) is 0 Å². The van der Waals surface area contributed by atoms with Gasteiger partial charge in [0, 0.05) is 10.5 Å². The van der Waals surface area contributed by atoms with E-state index in [2.05, 4.69) is 0 Å². The average Bonchev–Trinajstić information content (AvgIpc) is 2.55. The molecule has 0 aliphatic rings. The molecule has 1 atom stereocenters. The number of hydrogen-bond acceptors (Lipinski definition) is 4. The number of Topliss-reactive ketones (excluding diaryl/α,β-unsaturated/α-hetero) is 1. The molecule has 0 N–H and O–H groups in total. The summed E-state index contributed by atoms with van der Waals surface area (Å²) in [6.45, 7) is 1.76. The van der Waals surface area contributed by atoms with E-state index in [-0.39, 0.29) is 11.6 Å². The number of methoxy groups -OCH3 is 2. The molecule has 116 valence electrons. The van der Waals surface area contributed by atoms with Crippen LogP contribution in [0.15, 0.2) is 47.4 Å². The van der Waals surface area contributed by atoms with Crippen molar-refractivity contribution in [2.75, 3.05) is 14.2 Å². The predicted molar refractivity (Wildman–Crippen MR) is 85.6 cm³/mol. The van der Waals surface area contributed by atoms with Crippen molar-refractivity contribution < 1.29 is 18.7 Å². The van der Waals surface area contributed by atoms with E-state index in [0.717, 1.165) is 0 Å². The van der Waals surface area contributed by atoms with Crippen LogP contribution in [-0.2, 0) is 0 Å². The topological polar surface area (TPSA) is 35.5 Å². The van der Waals surface area contributed by atoms with E-state index in [4.69, 9.17) is 9.47 Å². The first kappa shape index (κ1) is 16.4. The second-order valence-electron chi connectivity index (χ2n) is 4.62. The van der Waals surface area contributed by atoms with Gasteiger partial charge in [0.2, 0.25) is 0 Å². The summed E-state index contributed by atoms with van der Waals surface area (Å²) in [5, 5.41) is -0.407. The van der Waals surface area contributed by atoms with E-state index < -0.39 is 5.25 Å². The number of benzene rings is 2. The van der Waals surface area contributed by atoms with Crippen molar-refractivity contribution in [1.82, 2.24) is 0 Å². The van der Waals surface area contributed by atoms with Crippen LogP contribution in [0.1, 0.15) is 17.3 Å². The van der Waals surface area contributed by atoms with Gasteiger partial charge in [-0.3, -0.25) is 4.79 Å². The highest BCUT2D eigenvalue weighted by Gasteiger charge is 2.19. The Hall–Kier alpha value is -2.01. The first-order chi connectivity index (χ1) is 10.6. The van der Waals surface area contributed by atoms with Gasteiger partial charge in [-0.1, -0.05) is 12.1 Å². The molecule has 0 spiro atoms. The van der Waals surface area contributed by atoms with E-state index >= 15 is 0 Å². The number of ketones is 1. The van der Waals surface area contributed by atoms with Gasteiger partial charge in [-0.05, 0) is 37.3 Å². The normalized spacial score (nSPS) is 11.8. The second-order valence-corrected chi connectivity index (χ2v) is 6.01. The molecule has 3 nitrogen and oxygen atoms in total. The summed E-state index contributed by atoms with van der Waals surface area (Å²) in [4.78, 5) is 13.0. The smallest absolute Gasteiger partial charge is 0.176 e. The van der Waals surface area contributed by atoms with E-state index in [0.29, 0.717) is 22.0 Å². The largest absolute Gasteiger partial charge is 0.493 e. The van der Waals surface area contributed by atoms with Gasteiger partial charge in [0.15, 0.2) is 17.3 Å². The maximum absolute atomic E-state index is 13.7. The van der Waals surface area contributed by atoms with Crippen LogP contribution in [0.2, 0.25) is 0 Å². The Labute approximate surface area is 133 Å². The average molecular weight is 320 g/mol. The molecule has 2 aromatic rings. The van der Waals surface area contributed by atoms with Crippen molar-refractivity contribution in [3.05, 3.63) is 53.8 Å². The third-order valence-corrected chi connectivity index (χ3v) is 4.33. The van der Waals surface area contributed by atoms with Crippen molar-refractivity contribution >= 4 is 17.5 Å². The molecule has 22 heavy (non-hydrogen) atoms. The Morgan fingerprint density at radius 1 is 1.09 bits per heavy atom. The lowest BCUT2D eigenvalue weighted by Gasteiger charge is -2.13. The van der Waals surface area contributed by atoms with Crippen LogP contribution in [0.25, 0.3) is 0 Å². The number of halogens is 1. The maximum atomic E-state index is 13.7. The van der Waals surface area contributed by atoms with E-state index in [1.54, 1.807) is 43.3 Å². The van der Waals surface area contributed by atoms with Crippen molar-refractivity contribution in [3.8, 4) is 11.5 Å². The third-order valence-electron chi connectivity index (χ3n) is 3.18. The summed E-state index contributed by atoms with van der Waals surface area (Å²) in [5.74, 6) is 0.651. The number of ether oxygens (including phenoxy) is 2. The van der Waals surface area contributed by atoms with Crippen LogP contribution in [-0.4, -0.2) is 25.3 Å². The van der Waals surface area contributed by atoms with Gasteiger partial charge < -0.3 is 9.47 Å². The lowest BCUT2D eigenvalue weighted by Crippen LogP contribution is -2.14. The van der Waals surface area contributed by atoms with Gasteiger partial charge in [0.25, 0.3) is 0 Å². The van der Waals surface area contributed by atoms with E-state index in [1.807, 2.05) is 0 Å². The highest BCUT2D eigenvalue weighted by Crippen LogP contribution is 2.31. The number of thioether (sulfide) groups is 1. The summed E-state index contributed by atoms with van der Waals surface area (Å²) >= 11 is 1.20. The summed E-state index contributed by atoms with van der Waals surface area (Å²) < 4.78 is 24.0. The molecule has 0 saturated carbocycles. The molecule has 0 amide bonds. The molecule has 1 unspecified atom stereocenters. The number of carbonyl (C=O) groups is 1. The Morgan fingerprint density at radius 3 is 2.41 bits per heavy atom. The maximum Gasteiger partial charge on any atom is 0.176 e. The fourth-order valence-electron chi connectivity index (χ4n) is 2.01. The lowest BCUT2D eigenvalue weighted by molar-refractivity contribution is 0.0993. The first-order valence-corrected chi connectivity index (χ1v) is 7.62. The molecule has 0 aliphatic carbocycles. The van der Waals surface area contributed by atoms with Crippen LogP contribution in [0.4, 0.5) is 4.39 Å². The van der Waals surface area contributed by atoms with Crippen LogP contribution in [0.3, 0.4) is 0 Å². The zero-order chi connectivity index (χ0) is 16.1. The summed E-state index contributed by atoms with van der Waals surface area (Å²) in [6.07, 6.45) is 0. The zero-order valence-corrected chi connectivity index (χ0v) is 13.4. The molecule has 0 fully saturated rings. The molecule has 5 heteroatoms. The third kappa shape index (κ3) is 3.60. The summed E-state index contributed by atoms with van der Waals surface area (Å²) in [5.41, 5.74) is 0.508. The minimum absolute atomic E-state index is 0.0887. The Kier molecular flexibility index (Phi) is 5.44. The molecule has 0 bridgehead atoms. The molecule has 2 aromatic carbocycles. The summed E-state index contributed by atoms with van der Waals surface area (Å²) in [6, 6.07) is 11.4. The van der Waals surface area contributed by atoms with Crippen LogP contribution in [0, 0.1) is 5.82 Å². The van der Waals surface area contributed by atoms with Crippen LogP contribution in [0.5, 0.6) is 11.5 Å². The molecule has 0 saturated heterocycles. The molecule has 2 rings (SSSR count). The van der Waals surface area contributed by atoms with Gasteiger partial charge in [-0.2, -0.15) is 0 Å². The van der Waals surface area contributed by atoms with E-state index in [9.17, 15) is 9.18 Å². The first-order valence-electron chi connectivity index (χ1n) is 6.74. The van der Waals surface area contributed by atoms with Gasteiger partial charge in [-0.15, -0.1) is 11.8 Å². The quantitative estimate of drug-likeness (QED) is 0.590. The fourth-order valence-corrected chi connectivity index (χ4v) is 2.97. The Bertz CT molecular complexity index is 673. The SMILES string of the molecule is COc1ccc(C(=O)C(C)Sc2ccccc2F)cc1OC. The standard InChI is InChI=1S/C17H17FO3S/c1-11(22-16-7-5-4-6-13(16)18)17(19)12-8-9-14(20-2)15(10-12)21-3/h4-11H,1-3H3. The van der Waals surface area contributed by atoms with Gasteiger partial charge in [0.05, 0.1) is 19.5 Å². The highest BCUT2D eigenvalue weighted by molar-refractivity contribution is 8.00. The van der Waals surface area contributed by atoms with Gasteiger partial charge >= 0.3 is 0 Å². The predicted octanol–water partition coefficient (Wildman–Crippen LogP) is 4.21. The molecular weight excluding hydrogens is 303 g/mol.